The van der Waals surface area contributed by atoms with E-state index in [1.54, 1.807) is 0 Å². The summed E-state index contributed by atoms with van der Waals surface area (Å²) >= 11 is 0. The molecule has 0 aromatic carbocycles. The van der Waals surface area contributed by atoms with Crippen molar-refractivity contribution < 1.29 is 28.6 Å². The van der Waals surface area contributed by atoms with E-state index < -0.39 is 6.10 Å². The normalized spacial score (nSPS) is 12.4. The van der Waals surface area contributed by atoms with Crippen LogP contribution < -0.4 is 0 Å². The van der Waals surface area contributed by atoms with E-state index in [0.29, 0.717) is 19.3 Å². The molecule has 0 N–H and O–H groups in total. The van der Waals surface area contributed by atoms with Gasteiger partial charge in [0, 0.05) is 19.3 Å². The fourth-order valence-corrected chi connectivity index (χ4v) is 9.30. The van der Waals surface area contributed by atoms with Crippen molar-refractivity contribution in [1.82, 2.24) is 0 Å². The molecule has 1 atom stereocenters. The van der Waals surface area contributed by atoms with Gasteiger partial charge in [0.2, 0.25) is 0 Å². The van der Waals surface area contributed by atoms with Gasteiger partial charge in [-0.15, -0.1) is 0 Å². The van der Waals surface area contributed by atoms with Gasteiger partial charge in [-0.1, -0.05) is 306 Å². The van der Waals surface area contributed by atoms with Crippen molar-refractivity contribution in [2.75, 3.05) is 13.2 Å². The summed E-state index contributed by atoms with van der Waals surface area (Å²) in [4.78, 5) is 38.3. The maximum atomic E-state index is 12.9. The first-order valence-corrected chi connectivity index (χ1v) is 31.8. The Balaban J connectivity index is 4.37. The topological polar surface area (TPSA) is 78.9 Å². The first-order valence-electron chi connectivity index (χ1n) is 31.8. The van der Waals surface area contributed by atoms with Gasteiger partial charge >= 0.3 is 17.9 Å². The van der Waals surface area contributed by atoms with Gasteiger partial charge in [-0.2, -0.15) is 0 Å². The lowest BCUT2D eigenvalue weighted by Gasteiger charge is -2.18. The smallest absolute Gasteiger partial charge is 0.306 e. The van der Waals surface area contributed by atoms with Crippen LogP contribution in [0, 0.1) is 0 Å². The van der Waals surface area contributed by atoms with E-state index >= 15 is 0 Å². The number of ether oxygens (including phenoxy) is 3. The molecule has 0 bridgehead atoms. The number of rotatable bonds is 58. The maximum Gasteiger partial charge on any atom is 0.306 e. The summed E-state index contributed by atoms with van der Waals surface area (Å²) in [6, 6.07) is 0. The number of esters is 3. The lowest BCUT2D eigenvalue weighted by atomic mass is 10.0. The molecule has 0 rings (SSSR count). The monoisotopic (exact) mass is 1020 g/mol. The van der Waals surface area contributed by atoms with Crippen LogP contribution in [0.1, 0.15) is 329 Å². The van der Waals surface area contributed by atoms with E-state index in [4.69, 9.17) is 14.2 Å². The average Bonchev–Trinajstić information content (AvgIpc) is 3.39. The van der Waals surface area contributed by atoms with Gasteiger partial charge in [0.15, 0.2) is 6.10 Å². The minimum absolute atomic E-state index is 0.0756. The van der Waals surface area contributed by atoms with Crippen molar-refractivity contribution >= 4 is 17.9 Å². The summed E-state index contributed by atoms with van der Waals surface area (Å²) in [7, 11) is 0. The SMILES string of the molecule is CC/C=C\C/C=C\C/C=C\C/C=C\C/C=C\CCCCCCCC(=O)OCC(COC(=O)CCCCCCCCCCCCCCCCCCC)OC(=O)CCCCCCCCCCCCCCCCCCC. The third kappa shape index (κ3) is 59.9. The zero-order chi connectivity index (χ0) is 52.9. The number of unbranched alkanes of at least 4 members (excludes halogenated alkanes) is 37. The van der Waals surface area contributed by atoms with Gasteiger partial charge in [0.1, 0.15) is 13.2 Å². The highest BCUT2D eigenvalue weighted by Crippen LogP contribution is 2.17. The molecule has 0 fully saturated rings. The first-order chi connectivity index (χ1) is 36.0. The van der Waals surface area contributed by atoms with Crippen molar-refractivity contribution in [3.63, 3.8) is 0 Å². The molecule has 0 spiro atoms. The van der Waals surface area contributed by atoms with Crippen LogP contribution in [0.4, 0.5) is 0 Å². The van der Waals surface area contributed by atoms with Gasteiger partial charge in [-0.3, -0.25) is 14.4 Å². The van der Waals surface area contributed by atoms with Gasteiger partial charge < -0.3 is 14.2 Å². The van der Waals surface area contributed by atoms with Crippen LogP contribution in [-0.2, 0) is 28.6 Å². The first kappa shape index (κ1) is 70.1. The molecule has 73 heavy (non-hydrogen) atoms. The quantitative estimate of drug-likeness (QED) is 0.0261. The van der Waals surface area contributed by atoms with Crippen LogP contribution in [0.2, 0.25) is 0 Å². The molecule has 424 valence electrons. The predicted octanol–water partition coefficient (Wildman–Crippen LogP) is 21.6. The predicted molar refractivity (Wildman–Crippen MR) is 316 cm³/mol. The Kier molecular flexibility index (Phi) is 59.2. The molecule has 0 aliphatic heterocycles. The van der Waals surface area contributed by atoms with Crippen LogP contribution in [0.25, 0.3) is 0 Å². The Bertz CT molecular complexity index is 1310. The Morgan fingerprint density at radius 1 is 0.288 bits per heavy atom. The van der Waals surface area contributed by atoms with E-state index in [1.165, 1.54) is 180 Å². The van der Waals surface area contributed by atoms with Crippen molar-refractivity contribution in [3.8, 4) is 0 Å². The van der Waals surface area contributed by atoms with E-state index in [1.807, 2.05) is 0 Å². The summed E-state index contributed by atoms with van der Waals surface area (Å²) in [5.74, 6) is -0.874. The molecule has 0 heterocycles. The van der Waals surface area contributed by atoms with Crippen LogP contribution in [0.3, 0.4) is 0 Å². The lowest BCUT2D eigenvalue weighted by molar-refractivity contribution is -0.167. The Labute approximate surface area is 453 Å². The number of hydrogen-bond donors (Lipinski definition) is 0. The highest BCUT2D eigenvalue weighted by molar-refractivity contribution is 5.71. The number of carbonyl (C=O) groups is 3. The van der Waals surface area contributed by atoms with Crippen molar-refractivity contribution in [3.05, 3.63) is 60.8 Å². The fourth-order valence-electron chi connectivity index (χ4n) is 9.30. The second-order valence-electron chi connectivity index (χ2n) is 21.3. The molecular weight excluding hydrogens is 901 g/mol. The van der Waals surface area contributed by atoms with Crippen molar-refractivity contribution in [2.45, 2.75) is 335 Å². The molecule has 0 saturated heterocycles. The van der Waals surface area contributed by atoms with Gasteiger partial charge in [-0.05, 0) is 64.2 Å². The van der Waals surface area contributed by atoms with Gasteiger partial charge in [0.05, 0.1) is 0 Å². The standard InChI is InChI=1S/C67H120O6/c1-4-7-10-13-16-19-22-25-28-31-32-33-34-37-39-42-45-48-51-54-57-60-66(69)72-63-64(73-67(70)61-58-55-52-49-46-43-40-36-30-27-24-21-18-15-12-9-6-3)62-71-65(68)59-56-53-50-47-44-41-38-35-29-26-23-20-17-14-11-8-5-2/h7,10,16,19,25,28,32-33,37,39,64H,4-6,8-9,11-15,17-18,20-24,26-27,29-31,34-36,38,40-63H2,1-3H3/b10-7-,19-16-,28-25-,33-32-,39-37-. The zero-order valence-corrected chi connectivity index (χ0v) is 48.7. The van der Waals surface area contributed by atoms with E-state index in [-0.39, 0.29) is 31.1 Å². The molecule has 1 unspecified atom stereocenters. The minimum Gasteiger partial charge on any atom is -0.462 e. The highest BCUT2D eigenvalue weighted by atomic mass is 16.6. The number of carbonyl (C=O) groups excluding carboxylic acids is 3. The highest BCUT2D eigenvalue weighted by Gasteiger charge is 2.19. The lowest BCUT2D eigenvalue weighted by Crippen LogP contribution is -2.30. The Morgan fingerprint density at radius 2 is 0.534 bits per heavy atom. The number of hydrogen-bond acceptors (Lipinski definition) is 6. The molecule has 0 aromatic rings. The summed E-state index contributed by atoms with van der Waals surface area (Å²) in [6.45, 7) is 6.57. The molecule has 0 aliphatic carbocycles. The van der Waals surface area contributed by atoms with Gasteiger partial charge in [0.25, 0.3) is 0 Å². The molecule has 0 saturated carbocycles. The molecule has 6 heteroatoms. The Morgan fingerprint density at radius 3 is 0.836 bits per heavy atom. The fraction of sp³-hybridized carbons (Fsp3) is 0.806. The third-order valence-corrected chi connectivity index (χ3v) is 14.0. The van der Waals surface area contributed by atoms with E-state index in [2.05, 4.69) is 81.5 Å². The molecule has 0 radical (unpaired) electrons. The van der Waals surface area contributed by atoms with Crippen molar-refractivity contribution in [2.24, 2.45) is 0 Å². The minimum atomic E-state index is -0.780. The molecular formula is C67H120O6. The average molecular weight is 1020 g/mol. The summed E-state index contributed by atoms with van der Waals surface area (Å²) < 4.78 is 16.9. The van der Waals surface area contributed by atoms with E-state index in [9.17, 15) is 14.4 Å². The summed E-state index contributed by atoms with van der Waals surface area (Å²) in [5, 5.41) is 0. The third-order valence-electron chi connectivity index (χ3n) is 14.0. The molecule has 0 amide bonds. The Hall–Kier alpha value is -2.89. The zero-order valence-electron chi connectivity index (χ0n) is 48.7. The largest absolute Gasteiger partial charge is 0.462 e. The van der Waals surface area contributed by atoms with Crippen molar-refractivity contribution in [1.29, 1.82) is 0 Å². The van der Waals surface area contributed by atoms with E-state index in [0.717, 1.165) is 109 Å². The summed E-state index contributed by atoms with van der Waals surface area (Å²) in [5.41, 5.74) is 0. The second-order valence-corrected chi connectivity index (χ2v) is 21.3. The van der Waals surface area contributed by atoms with Crippen LogP contribution in [0.5, 0.6) is 0 Å². The number of allylic oxidation sites excluding steroid dienone is 10. The summed E-state index contributed by atoms with van der Waals surface area (Å²) in [6.07, 6.45) is 77.9. The maximum absolute atomic E-state index is 12.9. The van der Waals surface area contributed by atoms with Crippen LogP contribution >= 0.6 is 0 Å². The van der Waals surface area contributed by atoms with Crippen LogP contribution in [-0.4, -0.2) is 37.2 Å². The molecule has 0 aliphatic rings. The molecule has 6 nitrogen and oxygen atoms in total. The van der Waals surface area contributed by atoms with Gasteiger partial charge in [-0.25, -0.2) is 0 Å². The second kappa shape index (κ2) is 61.7. The molecule has 0 aromatic heterocycles. The van der Waals surface area contributed by atoms with Crippen LogP contribution in [0.15, 0.2) is 60.8 Å².